The van der Waals surface area contributed by atoms with Crippen molar-refractivity contribution in [1.29, 1.82) is 0 Å². The highest BCUT2D eigenvalue weighted by atomic mass is 16.5. The van der Waals surface area contributed by atoms with E-state index in [4.69, 9.17) is 9.47 Å². The van der Waals surface area contributed by atoms with E-state index in [0.717, 1.165) is 31.9 Å². The van der Waals surface area contributed by atoms with Gasteiger partial charge in [0.25, 0.3) is 0 Å². The fourth-order valence-corrected chi connectivity index (χ4v) is 2.81. The van der Waals surface area contributed by atoms with Crippen LogP contribution in [0.25, 0.3) is 0 Å². The van der Waals surface area contributed by atoms with E-state index in [0.29, 0.717) is 11.8 Å². The lowest BCUT2D eigenvalue weighted by Crippen LogP contribution is -2.28. The first-order chi connectivity index (χ1) is 10.1. The van der Waals surface area contributed by atoms with Crippen LogP contribution in [0.2, 0.25) is 0 Å². The fraction of sp³-hybridized carbons (Fsp3) is 0.667. The highest BCUT2D eigenvalue weighted by molar-refractivity contribution is 5.31. The van der Waals surface area contributed by atoms with Crippen molar-refractivity contribution in [3.8, 4) is 5.75 Å². The molecule has 1 fully saturated rings. The van der Waals surface area contributed by atoms with Gasteiger partial charge in [0, 0.05) is 19.1 Å². The quantitative estimate of drug-likeness (QED) is 0.829. The molecule has 1 saturated heterocycles. The molecule has 1 aromatic carbocycles. The Morgan fingerprint density at radius 3 is 2.81 bits per heavy atom. The highest BCUT2D eigenvalue weighted by Gasteiger charge is 2.29. The van der Waals surface area contributed by atoms with E-state index in [-0.39, 0.29) is 12.2 Å². The van der Waals surface area contributed by atoms with Crippen LogP contribution in [0.15, 0.2) is 24.3 Å². The van der Waals surface area contributed by atoms with Crippen molar-refractivity contribution in [2.24, 2.45) is 11.8 Å². The number of rotatable bonds is 7. The summed E-state index contributed by atoms with van der Waals surface area (Å²) in [5.74, 6) is 2.18. The van der Waals surface area contributed by atoms with Gasteiger partial charge in [-0.3, -0.25) is 0 Å². The third kappa shape index (κ3) is 5.01. The standard InChI is InChI=1S/C18H29NO2/c1-13(2)11-19-12-16-8-9-20-18(16)15-6-5-7-17(10-15)21-14(3)4/h5-7,10,13-14,16,18-19H,8-9,11-12H2,1-4H3. The number of benzene rings is 1. The maximum absolute atomic E-state index is 5.97. The van der Waals surface area contributed by atoms with Gasteiger partial charge in [0.1, 0.15) is 5.75 Å². The molecule has 1 aliphatic rings. The lowest BCUT2D eigenvalue weighted by Gasteiger charge is -2.21. The highest BCUT2D eigenvalue weighted by Crippen LogP contribution is 2.35. The third-order valence-corrected chi connectivity index (χ3v) is 3.73. The minimum Gasteiger partial charge on any atom is -0.491 e. The Morgan fingerprint density at radius 1 is 1.29 bits per heavy atom. The monoisotopic (exact) mass is 291 g/mol. The lowest BCUT2D eigenvalue weighted by molar-refractivity contribution is 0.0900. The predicted octanol–water partition coefficient (Wildman–Crippen LogP) is 3.80. The van der Waals surface area contributed by atoms with Gasteiger partial charge in [-0.25, -0.2) is 0 Å². The molecule has 0 saturated carbocycles. The van der Waals surface area contributed by atoms with Crippen LogP contribution in [0, 0.1) is 11.8 Å². The molecule has 1 heterocycles. The number of nitrogens with one attached hydrogen (secondary N) is 1. The van der Waals surface area contributed by atoms with Crippen molar-refractivity contribution in [1.82, 2.24) is 5.32 Å². The van der Waals surface area contributed by atoms with Gasteiger partial charge in [0.05, 0.1) is 12.2 Å². The van der Waals surface area contributed by atoms with Crippen LogP contribution in [-0.4, -0.2) is 25.8 Å². The van der Waals surface area contributed by atoms with Gasteiger partial charge < -0.3 is 14.8 Å². The Balaban J connectivity index is 1.98. The Morgan fingerprint density at radius 2 is 2.10 bits per heavy atom. The summed E-state index contributed by atoms with van der Waals surface area (Å²) in [6.07, 6.45) is 1.53. The average molecular weight is 291 g/mol. The fourth-order valence-electron chi connectivity index (χ4n) is 2.81. The zero-order valence-corrected chi connectivity index (χ0v) is 13.8. The molecular weight excluding hydrogens is 262 g/mol. The van der Waals surface area contributed by atoms with Crippen molar-refractivity contribution in [2.75, 3.05) is 19.7 Å². The summed E-state index contributed by atoms with van der Waals surface area (Å²) in [6.45, 7) is 11.5. The molecule has 0 spiro atoms. The van der Waals surface area contributed by atoms with Crippen LogP contribution in [0.5, 0.6) is 5.75 Å². The van der Waals surface area contributed by atoms with Gasteiger partial charge >= 0.3 is 0 Å². The molecular formula is C18H29NO2. The van der Waals surface area contributed by atoms with Crippen LogP contribution in [0.1, 0.15) is 45.8 Å². The number of ether oxygens (including phenoxy) is 2. The third-order valence-electron chi connectivity index (χ3n) is 3.73. The Kier molecular flexibility index (Phi) is 6.07. The largest absolute Gasteiger partial charge is 0.491 e. The second kappa shape index (κ2) is 7.81. The summed E-state index contributed by atoms with van der Waals surface area (Å²) in [5, 5.41) is 3.56. The van der Waals surface area contributed by atoms with E-state index in [1.165, 1.54) is 5.56 Å². The van der Waals surface area contributed by atoms with Gasteiger partial charge in [-0.2, -0.15) is 0 Å². The summed E-state index contributed by atoms with van der Waals surface area (Å²) in [4.78, 5) is 0. The van der Waals surface area contributed by atoms with Crippen LogP contribution < -0.4 is 10.1 Å². The van der Waals surface area contributed by atoms with Crippen molar-refractivity contribution in [2.45, 2.75) is 46.3 Å². The van der Waals surface area contributed by atoms with E-state index in [1.807, 2.05) is 6.07 Å². The molecule has 2 atom stereocenters. The first-order valence-corrected chi connectivity index (χ1v) is 8.15. The smallest absolute Gasteiger partial charge is 0.120 e. The average Bonchev–Trinajstić information content (AvgIpc) is 2.86. The molecule has 21 heavy (non-hydrogen) atoms. The number of hydrogen-bond acceptors (Lipinski definition) is 3. The minimum absolute atomic E-state index is 0.195. The van der Waals surface area contributed by atoms with E-state index >= 15 is 0 Å². The van der Waals surface area contributed by atoms with Gasteiger partial charge in [-0.05, 0) is 50.4 Å². The molecule has 0 amide bonds. The Bertz CT molecular complexity index is 431. The maximum atomic E-state index is 5.97. The van der Waals surface area contributed by atoms with E-state index in [9.17, 15) is 0 Å². The molecule has 1 aromatic rings. The summed E-state index contributed by atoms with van der Waals surface area (Å²) < 4.78 is 11.8. The summed E-state index contributed by atoms with van der Waals surface area (Å²) in [6, 6.07) is 8.36. The molecule has 1 aliphatic heterocycles. The Labute approximate surface area is 129 Å². The van der Waals surface area contributed by atoms with Crippen molar-refractivity contribution >= 4 is 0 Å². The minimum atomic E-state index is 0.195. The molecule has 3 heteroatoms. The van der Waals surface area contributed by atoms with Crippen molar-refractivity contribution < 1.29 is 9.47 Å². The second-order valence-corrected chi connectivity index (χ2v) is 6.63. The van der Waals surface area contributed by atoms with Gasteiger partial charge in [0.15, 0.2) is 0 Å². The normalized spacial score (nSPS) is 22.2. The van der Waals surface area contributed by atoms with Crippen LogP contribution in [0.3, 0.4) is 0 Å². The van der Waals surface area contributed by atoms with Gasteiger partial charge in [0.2, 0.25) is 0 Å². The molecule has 0 bridgehead atoms. The zero-order valence-electron chi connectivity index (χ0n) is 13.8. The summed E-state index contributed by atoms with van der Waals surface area (Å²) in [7, 11) is 0. The van der Waals surface area contributed by atoms with E-state index in [2.05, 4.69) is 51.2 Å². The topological polar surface area (TPSA) is 30.5 Å². The molecule has 118 valence electrons. The maximum Gasteiger partial charge on any atom is 0.120 e. The van der Waals surface area contributed by atoms with Crippen LogP contribution in [0.4, 0.5) is 0 Å². The van der Waals surface area contributed by atoms with Crippen molar-refractivity contribution in [3.05, 3.63) is 29.8 Å². The second-order valence-electron chi connectivity index (χ2n) is 6.63. The first-order valence-electron chi connectivity index (χ1n) is 8.15. The summed E-state index contributed by atoms with van der Waals surface area (Å²) in [5.41, 5.74) is 1.24. The van der Waals surface area contributed by atoms with E-state index < -0.39 is 0 Å². The lowest BCUT2D eigenvalue weighted by atomic mass is 9.95. The van der Waals surface area contributed by atoms with E-state index in [1.54, 1.807) is 0 Å². The molecule has 1 N–H and O–H groups in total. The van der Waals surface area contributed by atoms with Gasteiger partial charge in [-0.15, -0.1) is 0 Å². The first kappa shape index (κ1) is 16.3. The molecule has 2 unspecified atom stereocenters. The summed E-state index contributed by atoms with van der Waals surface area (Å²) >= 11 is 0. The van der Waals surface area contributed by atoms with Crippen molar-refractivity contribution in [3.63, 3.8) is 0 Å². The molecule has 3 nitrogen and oxygen atoms in total. The molecule has 0 aromatic heterocycles. The Hall–Kier alpha value is -1.06. The number of hydrogen-bond donors (Lipinski definition) is 1. The zero-order chi connectivity index (χ0) is 15.2. The molecule has 0 aliphatic carbocycles. The van der Waals surface area contributed by atoms with Gasteiger partial charge in [-0.1, -0.05) is 26.0 Å². The molecule has 0 radical (unpaired) electrons. The predicted molar refractivity (Wildman–Crippen MR) is 86.7 cm³/mol. The van der Waals surface area contributed by atoms with Crippen LogP contribution >= 0.6 is 0 Å². The molecule has 2 rings (SSSR count). The van der Waals surface area contributed by atoms with Crippen LogP contribution in [-0.2, 0) is 4.74 Å². The SMILES string of the molecule is CC(C)CNCC1CCOC1c1cccc(OC(C)C)c1.